The molecule has 2 heterocycles. The minimum Gasteiger partial charge on any atom is -0.485 e. The van der Waals surface area contributed by atoms with Crippen LogP contribution in [0.25, 0.3) is 11.1 Å². The maximum atomic E-state index is 13.0. The fraction of sp³-hybridized carbons (Fsp3) is 0.444. The zero-order chi connectivity index (χ0) is 24.5. The number of methoxy groups -OCH3 is 1. The minimum atomic E-state index is 0.178. The van der Waals surface area contributed by atoms with E-state index < -0.39 is 0 Å². The van der Waals surface area contributed by atoms with Gasteiger partial charge in [0.2, 0.25) is 5.91 Å². The van der Waals surface area contributed by atoms with E-state index in [9.17, 15) is 4.79 Å². The van der Waals surface area contributed by atoms with Gasteiger partial charge in [0, 0.05) is 31.8 Å². The molecule has 1 unspecified atom stereocenters. The van der Waals surface area contributed by atoms with Crippen LogP contribution in [-0.4, -0.2) is 57.6 Å². The van der Waals surface area contributed by atoms with Crippen molar-refractivity contribution in [2.75, 3.05) is 26.0 Å². The number of aromatic nitrogens is 3. The highest BCUT2D eigenvalue weighted by Crippen LogP contribution is 2.30. The third-order valence-electron chi connectivity index (χ3n) is 6.38. The van der Waals surface area contributed by atoms with E-state index in [1.165, 1.54) is 18.2 Å². The summed E-state index contributed by atoms with van der Waals surface area (Å²) in [4.78, 5) is 15.0. The largest absolute Gasteiger partial charge is 0.485 e. The molecule has 0 spiro atoms. The molecular weight excluding hydrogens is 460 g/mol. The lowest BCUT2D eigenvalue weighted by Crippen LogP contribution is -2.44. The topological polar surface area (TPSA) is 69.5 Å². The van der Waals surface area contributed by atoms with Crippen molar-refractivity contribution in [2.45, 2.75) is 57.0 Å². The molecule has 0 N–H and O–H groups in total. The lowest BCUT2D eigenvalue weighted by atomic mass is 10.0. The van der Waals surface area contributed by atoms with Crippen molar-refractivity contribution >= 4 is 17.7 Å². The highest BCUT2D eigenvalue weighted by atomic mass is 32.2. The number of ether oxygens (including phenoxy) is 2. The summed E-state index contributed by atoms with van der Waals surface area (Å²) in [5.74, 6) is 2.04. The standard InChI is InChI=1S/C27H34N4O3S/c1-3-22-13-9-10-16-30(22)26(32)20-35-27-29-28-25(31(27)17-18-33-2)19-34-24-15-8-7-14-23(24)21-11-5-4-6-12-21/h4-8,11-12,14-15,22H,3,9-10,13,16-20H2,1-2H3. The molecule has 1 aromatic heterocycles. The average Bonchev–Trinajstić information content (AvgIpc) is 3.31. The third kappa shape index (κ3) is 6.44. The number of carbonyl (C=O) groups excluding carboxylic acids is 1. The van der Waals surface area contributed by atoms with Crippen LogP contribution in [0.3, 0.4) is 0 Å². The normalized spacial score (nSPS) is 15.8. The zero-order valence-electron chi connectivity index (χ0n) is 20.6. The second-order valence-electron chi connectivity index (χ2n) is 8.63. The molecule has 0 aliphatic carbocycles. The molecule has 0 radical (unpaired) electrons. The summed E-state index contributed by atoms with van der Waals surface area (Å²) in [5, 5.41) is 9.50. The summed E-state index contributed by atoms with van der Waals surface area (Å²) in [6, 6.07) is 18.5. The number of rotatable bonds is 11. The number of amides is 1. The third-order valence-corrected chi connectivity index (χ3v) is 7.34. The summed E-state index contributed by atoms with van der Waals surface area (Å²) in [5.41, 5.74) is 2.13. The second-order valence-corrected chi connectivity index (χ2v) is 9.57. The Kier molecular flexibility index (Phi) is 9.20. The Balaban J connectivity index is 1.45. The number of carbonyl (C=O) groups is 1. The summed E-state index contributed by atoms with van der Waals surface area (Å²) >= 11 is 1.44. The number of piperidine rings is 1. The van der Waals surface area contributed by atoms with Gasteiger partial charge < -0.3 is 18.9 Å². The molecule has 2 aromatic carbocycles. The number of para-hydroxylation sites is 1. The number of thioether (sulfide) groups is 1. The van der Waals surface area contributed by atoms with Crippen LogP contribution in [0.4, 0.5) is 0 Å². The first-order chi connectivity index (χ1) is 17.2. The monoisotopic (exact) mass is 494 g/mol. The molecule has 3 aromatic rings. The lowest BCUT2D eigenvalue weighted by molar-refractivity contribution is -0.132. The van der Waals surface area contributed by atoms with Gasteiger partial charge in [-0.15, -0.1) is 10.2 Å². The van der Waals surface area contributed by atoms with Gasteiger partial charge in [-0.05, 0) is 37.3 Å². The van der Waals surface area contributed by atoms with E-state index in [0.717, 1.165) is 47.8 Å². The molecule has 1 fully saturated rings. The quantitative estimate of drug-likeness (QED) is 0.347. The first kappa shape index (κ1) is 25.3. The van der Waals surface area contributed by atoms with Crippen molar-refractivity contribution in [1.29, 1.82) is 0 Å². The second kappa shape index (κ2) is 12.7. The van der Waals surface area contributed by atoms with Crippen molar-refractivity contribution in [3.63, 3.8) is 0 Å². The predicted molar refractivity (Wildman–Crippen MR) is 138 cm³/mol. The molecule has 1 aliphatic heterocycles. The van der Waals surface area contributed by atoms with Crippen LogP contribution in [0.1, 0.15) is 38.4 Å². The Morgan fingerprint density at radius 1 is 1.09 bits per heavy atom. The van der Waals surface area contributed by atoms with E-state index in [1.54, 1.807) is 7.11 Å². The van der Waals surface area contributed by atoms with Crippen molar-refractivity contribution in [3.05, 3.63) is 60.4 Å². The SMILES string of the molecule is CCC1CCCCN1C(=O)CSc1nnc(COc2ccccc2-c2ccccc2)n1CCOC. The Hall–Kier alpha value is -2.84. The van der Waals surface area contributed by atoms with E-state index in [1.807, 2.05) is 41.0 Å². The van der Waals surface area contributed by atoms with Gasteiger partial charge >= 0.3 is 0 Å². The highest BCUT2D eigenvalue weighted by molar-refractivity contribution is 7.99. The predicted octanol–water partition coefficient (Wildman–Crippen LogP) is 5.05. The van der Waals surface area contributed by atoms with Gasteiger partial charge in [0.25, 0.3) is 0 Å². The van der Waals surface area contributed by atoms with Gasteiger partial charge in [0.05, 0.1) is 12.4 Å². The molecule has 35 heavy (non-hydrogen) atoms. The first-order valence-corrected chi connectivity index (χ1v) is 13.3. The van der Waals surface area contributed by atoms with E-state index in [4.69, 9.17) is 9.47 Å². The Morgan fingerprint density at radius 2 is 1.89 bits per heavy atom. The average molecular weight is 495 g/mol. The van der Waals surface area contributed by atoms with Crippen LogP contribution in [0.5, 0.6) is 5.75 Å². The fourth-order valence-electron chi connectivity index (χ4n) is 4.49. The molecule has 186 valence electrons. The molecule has 4 rings (SSSR count). The Labute approximate surface area is 211 Å². The van der Waals surface area contributed by atoms with Crippen LogP contribution in [-0.2, 0) is 22.7 Å². The van der Waals surface area contributed by atoms with Crippen molar-refractivity contribution in [2.24, 2.45) is 0 Å². The van der Waals surface area contributed by atoms with Gasteiger partial charge in [-0.1, -0.05) is 67.2 Å². The maximum Gasteiger partial charge on any atom is 0.233 e. The molecule has 8 heteroatoms. The van der Waals surface area contributed by atoms with E-state index in [-0.39, 0.29) is 12.5 Å². The Bertz CT molecular complexity index is 1090. The van der Waals surface area contributed by atoms with Gasteiger partial charge in [-0.2, -0.15) is 0 Å². The molecule has 1 saturated heterocycles. The lowest BCUT2D eigenvalue weighted by Gasteiger charge is -2.35. The van der Waals surface area contributed by atoms with Crippen LogP contribution in [0, 0.1) is 0 Å². The summed E-state index contributed by atoms with van der Waals surface area (Å²) in [7, 11) is 1.67. The van der Waals surface area contributed by atoms with E-state index in [2.05, 4.69) is 40.2 Å². The molecule has 1 aliphatic rings. The number of benzene rings is 2. The number of likely N-dealkylation sites (tertiary alicyclic amines) is 1. The van der Waals surface area contributed by atoms with Crippen LogP contribution in [0.2, 0.25) is 0 Å². The minimum absolute atomic E-state index is 0.178. The molecule has 0 bridgehead atoms. The van der Waals surface area contributed by atoms with Crippen LogP contribution >= 0.6 is 11.8 Å². The van der Waals surface area contributed by atoms with E-state index >= 15 is 0 Å². The fourth-order valence-corrected chi connectivity index (χ4v) is 5.36. The molecule has 1 atom stereocenters. The van der Waals surface area contributed by atoms with Crippen LogP contribution in [0.15, 0.2) is 59.8 Å². The van der Waals surface area contributed by atoms with Crippen molar-refractivity contribution in [1.82, 2.24) is 19.7 Å². The van der Waals surface area contributed by atoms with Crippen molar-refractivity contribution < 1.29 is 14.3 Å². The summed E-state index contributed by atoms with van der Waals surface area (Å²) in [6.45, 7) is 4.41. The first-order valence-electron chi connectivity index (χ1n) is 12.3. The van der Waals surface area contributed by atoms with Gasteiger partial charge in [-0.25, -0.2) is 0 Å². The van der Waals surface area contributed by atoms with Gasteiger partial charge in [-0.3, -0.25) is 4.79 Å². The molecule has 0 saturated carbocycles. The van der Waals surface area contributed by atoms with Gasteiger partial charge in [0.15, 0.2) is 11.0 Å². The zero-order valence-corrected chi connectivity index (χ0v) is 21.4. The van der Waals surface area contributed by atoms with Crippen molar-refractivity contribution in [3.8, 4) is 16.9 Å². The molecule has 1 amide bonds. The maximum absolute atomic E-state index is 13.0. The van der Waals surface area contributed by atoms with E-state index in [0.29, 0.717) is 30.8 Å². The van der Waals surface area contributed by atoms with Gasteiger partial charge in [0.1, 0.15) is 12.4 Å². The number of nitrogens with zero attached hydrogens (tertiary/aromatic N) is 4. The van der Waals surface area contributed by atoms with Crippen LogP contribution < -0.4 is 4.74 Å². The highest BCUT2D eigenvalue weighted by Gasteiger charge is 2.26. The Morgan fingerprint density at radius 3 is 2.69 bits per heavy atom. The smallest absolute Gasteiger partial charge is 0.233 e. The molecule has 7 nitrogen and oxygen atoms in total. The number of hydrogen-bond acceptors (Lipinski definition) is 6. The summed E-state index contributed by atoms with van der Waals surface area (Å²) in [6.07, 6.45) is 4.40. The molecular formula is C27H34N4O3S. The summed E-state index contributed by atoms with van der Waals surface area (Å²) < 4.78 is 13.5. The number of hydrogen-bond donors (Lipinski definition) is 0.